The van der Waals surface area contributed by atoms with Gasteiger partial charge in [0.25, 0.3) is 5.56 Å². The zero-order valence-electron chi connectivity index (χ0n) is 16.3. The summed E-state index contributed by atoms with van der Waals surface area (Å²) in [5, 5.41) is 7.78. The van der Waals surface area contributed by atoms with Crippen LogP contribution in [0.1, 0.15) is 10.7 Å². The van der Waals surface area contributed by atoms with E-state index in [1.165, 1.54) is 30.1 Å². The molecule has 3 heterocycles. The lowest BCUT2D eigenvalue weighted by molar-refractivity contribution is -0.116. The average molecular weight is 413 g/mol. The number of aryl methyl sites for hydroxylation is 2. The minimum atomic E-state index is -0.293. The number of aromatic nitrogens is 4. The SMILES string of the molecule is COc1cc(NC(=O)Cn2c(C)cc3nc4sc(C)nn4c(=O)c32)cc(OC)c1. The summed E-state index contributed by atoms with van der Waals surface area (Å²) in [5.41, 5.74) is 1.90. The number of nitrogens with one attached hydrogen (secondary N) is 1. The molecule has 9 nitrogen and oxygen atoms in total. The van der Waals surface area contributed by atoms with Crippen LogP contribution in [0.3, 0.4) is 0 Å². The quantitative estimate of drug-likeness (QED) is 0.539. The minimum Gasteiger partial charge on any atom is -0.497 e. The van der Waals surface area contributed by atoms with Crippen LogP contribution in [-0.2, 0) is 11.3 Å². The zero-order valence-corrected chi connectivity index (χ0v) is 17.2. The van der Waals surface area contributed by atoms with E-state index in [4.69, 9.17) is 9.47 Å². The third-order valence-corrected chi connectivity index (χ3v) is 5.32. The largest absolute Gasteiger partial charge is 0.497 e. The van der Waals surface area contributed by atoms with E-state index >= 15 is 0 Å². The maximum Gasteiger partial charge on any atom is 0.299 e. The van der Waals surface area contributed by atoms with E-state index in [2.05, 4.69) is 15.4 Å². The molecule has 0 atom stereocenters. The smallest absolute Gasteiger partial charge is 0.299 e. The first kappa shape index (κ1) is 18.9. The first-order chi connectivity index (χ1) is 13.9. The zero-order chi connectivity index (χ0) is 20.7. The van der Waals surface area contributed by atoms with Gasteiger partial charge in [0.05, 0.1) is 19.7 Å². The second-order valence-corrected chi connectivity index (χ2v) is 7.65. The molecular weight excluding hydrogens is 394 g/mol. The average Bonchev–Trinajstić information content (AvgIpc) is 3.21. The molecule has 0 bridgehead atoms. The Labute approximate surface area is 169 Å². The Morgan fingerprint density at radius 3 is 2.48 bits per heavy atom. The van der Waals surface area contributed by atoms with Crippen LogP contribution in [0, 0.1) is 13.8 Å². The van der Waals surface area contributed by atoms with Crippen molar-refractivity contribution in [2.75, 3.05) is 19.5 Å². The minimum absolute atomic E-state index is 0.0407. The van der Waals surface area contributed by atoms with Gasteiger partial charge in [-0.15, -0.1) is 0 Å². The fourth-order valence-electron chi connectivity index (χ4n) is 3.18. The number of amides is 1. The van der Waals surface area contributed by atoms with Gasteiger partial charge in [0, 0.05) is 29.6 Å². The number of nitrogens with zero attached hydrogens (tertiary/aromatic N) is 4. The molecule has 0 aliphatic rings. The van der Waals surface area contributed by atoms with Gasteiger partial charge in [-0.3, -0.25) is 9.59 Å². The van der Waals surface area contributed by atoms with Crippen molar-refractivity contribution in [1.29, 1.82) is 0 Å². The van der Waals surface area contributed by atoms with Gasteiger partial charge in [-0.2, -0.15) is 9.61 Å². The van der Waals surface area contributed by atoms with Crippen molar-refractivity contribution in [2.45, 2.75) is 20.4 Å². The lowest BCUT2D eigenvalue weighted by atomic mass is 10.2. The molecule has 0 fully saturated rings. The first-order valence-electron chi connectivity index (χ1n) is 8.79. The van der Waals surface area contributed by atoms with Crippen LogP contribution in [0.25, 0.3) is 16.0 Å². The molecule has 29 heavy (non-hydrogen) atoms. The van der Waals surface area contributed by atoms with E-state index in [0.717, 1.165) is 10.7 Å². The number of methoxy groups -OCH3 is 2. The van der Waals surface area contributed by atoms with Crippen LogP contribution >= 0.6 is 11.3 Å². The Hall–Kier alpha value is -3.40. The molecule has 4 aromatic rings. The Morgan fingerprint density at radius 1 is 1.14 bits per heavy atom. The predicted octanol–water partition coefficient (Wildman–Crippen LogP) is 2.38. The highest BCUT2D eigenvalue weighted by atomic mass is 32.1. The maximum atomic E-state index is 12.9. The van der Waals surface area contributed by atoms with Gasteiger partial charge in [0.1, 0.15) is 28.6 Å². The summed E-state index contributed by atoms with van der Waals surface area (Å²) in [6, 6.07) is 6.90. The molecule has 0 spiro atoms. The van der Waals surface area contributed by atoms with Crippen LogP contribution in [0.5, 0.6) is 11.5 Å². The molecule has 0 aliphatic carbocycles. The summed E-state index contributed by atoms with van der Waals surface area (Å²) in [6.45, 7) is 3.61. The first-order valence-corrected chi connectivity index (χ1v) is 9.60. The molecule has 0 saturated heterocycles. The second-order valence-electron chi connectivity index (χ2n) is 6.49. The van der Waals surface area contributed by atoms with E-state index < -0.39 is 0 Å². The number of hydrogen-bond acceptors (Lipinski definition) is 7. The van der Waals surface area contributed by atoms with Gasteiger partial charge in [0.2, 0.25) is 10.9 Å². The highest BCUT2D eigenvalue weighted by Gasteiger charge is 2.17. The summed E-state index contributed by atoms with van der Waals surface area (Å²) >= 11 is 1.35. The second kappa shape index (κ2) is 7.21. The number of ether oxygens (including phenoxy) is 2. The van der Waals surface area contributed by atoms with Crippen molar-refractivity contribution < 1.29 is 14.3 Å². The normalized spacial score (nSPS) is 11.2. The number of benzene rings is 1. The monoisotopic (exact) mass is 413 g/mol. The highest BCUT2D eigenvalue weighted by molar-refractivity contribution is 7.16. The fourth-order valence-corrected chi connectivity index (χ4v) is 3.92. The molecule has 10 heteroatoms. The summed E-state index contributed by atoms with van der Waals surface area (Å²) in [5.74, 6) is 0.830. The van der Waals surface area contributed by atoms with E-state index in [1.807, 2.05) is 13.8 Å². The van der Waals surface area contributed by atoms with Gasteiger partial charge < -0.3 is 19.4 Å². The van der Waals surface area contributed by atoms with Crippen LogP contribution in [0.4, 0.5) is 5.69 Å². The van der Waals surface area contributed by atoms with Crippen molar-refractivity contribution >= 4 is 38.9 Å². The van der Waals surface area contributed by atoms with Crippen LogP contribution in [0.15, 0.2) is 29.1 Å². The summed E-state index contributed by atoms with van der Waals surface area (Å²) in [6.07, 6.45) is 0. The van der Waals surface area contributed by atoms with E-state index in [9.17, 15) is 9.59 Å². The molecule has 150 valence electrons. The highest BCUT2D eigenvalue weighted by Crippen LogP contribution is 2.26. The molecule has 0 aliphatic heterocycles. The Kier molecular flexibility index (Phi) is 4.71. The van der Waals surface area contributed by atoms with Gasteiger partial charge in [-0.25, -0.2) is 4.98 Å². The van der Waals surface area contributed by atoms with Crippen LogP contribution in [0.2, 0.25) is 0 Å². The van der Waals surface area contributed by atoms with Crippen molar-refractivity contribution in [3.05, 3.63) is 45.3 Å². The van der Waals surface area contributed by atoms with Crippen LogP contribution in [-0.4, -0.2) is 39.3 Å². The van der Waals surface area contributed by atoms with Crippen molar-refractivity contribution in [3.63, 3.8) is 0 Å². The fraction of sp³-hybridized carbons (Fsp3) is 0.263. The van der Waals surface area contributed by atoms with Gasteiger partial charge in [0.15, 0.2) is 0 Å². The Bertz CT molecular complexity index is 1280. The summed E-state index contributed by atoms with van der Waals surface area (Å²) in [7, 11) is 3.08. The van der Waals surface area contributed by atoms with Gasteiger partial charge >= 0.3 is 0 Å². The van der Waals surface area contributed by atoms with Crippen LogP contribution < -0.4 is 20.3 Å². The Morgan fingerprint density at radius 2 is 1.83 bits per heavy atom. The molecular formula is C19H19N5O4S. The van der Waals surface area contributed by atoms with Crippen molar-refractivity contribution in [2.24, 2.45) is 0 Å². The molecule has 1 aromatic carbocycles. The number of hydrogen-bond donors (Lipinski definition) is 1. The maximum absolute atomic E-state index is 12.9. The molecule has 4 rings (SSSR count). The third-order valence-electron chi connectivity index (χ3n) is 4.49. The van der Waals surface area contributed by atoms with E-state index in [-0.39, 0.29) is 18.0 Å². The standard InChI is InChI=1S/C19H19N5O4S/c1-10-5-15-17(18(26)24-19(21-15)29-11(2)22-24)23(10)9-16(25)20-12-6-13(27-3)8-14(7-12)28-4/h5-8H,9H2,1-4H3,(H,20,25). The molecule has 1 amide bonds. The predicted molar refractivity (Wildman–Crippen MR) is 110 cm³/mol. The molecule has 0 unspecified atom stereocenters. The third kappa shape index (κ3) is 3.42. The summed E-state index contributed by atoms with van der Waals surface area (Å²) < 4.78 is 13.4. The van der Waals surface area contributed by atoms with E-state index in [1.54, 1.807) is 28.8 Å². The number of rotatable bonds is 5. The van der Waals surface area contributed by atoms with Crippen molar-refractivity contribution in [3.8, 4) is 11.5 Å². The van der Waals surface area contributed by atoms with Gasteiger partial charge in [-0.1, -0.05) is 11.3 Å². The lowest BCUT2D eigenvalue weighted by Gasteiger charge is -2.11. The number of fused-ring (bicyclic) bond motifs is 2. The Balaban J connectivity index is 1.69. The number of carbonyl (C=O) groups excluding carboxylic acids is 1. The molecule has 0 radical (unpaired) electrons. The van der Waals surface area contributed by atoms with Crippen molar-refractivity contribution in [1.82, 2.24) is 19.2 Å². The lowest BCUT2D eigenvalue weighted by Crippen LogP contribution is -2.23. The van der Waals surface area contributed by atoms with E-state index in [0.29, 0.717) is 33.2 Å². The van der Waals surface area contributed by atoms with Gasteiger partial charge in [-0.05, 0) is 19.9 Å². The number of anilines is 1. The molecule has 1 N–H and O–H groups in total. The molecule has 3 aromatic heterocycles. The summed E-state index contributed by atoms with van der Waals surface area (Å²) in [4.78, 5) is 30.7. The molecule has 0 saturated carbocycles. The topological polar surface area (TPSA) is 99.7 Å². The number of carbonyl (C=O) groups is 1.